The van der Waals surface area contributed by atoms with Crippen molar-refractivity contribution in [2.45, 2.75) is 17.3 Å². The molecule has 0 aliphatic rings. The number of nitrogens with zero attached hydrogens (tertiary/aromatic N) is 3. The fourth-order valence-corrected chi connectivity index (χ4v) is 3.35. The molecule has 0 unspecified atom stereocenters. The first-order valence-corrected chi connectivity index (χ1v) is 9.12. The van der Waals surface area contributed by atoms with Gasteiger partial charge in [0.1, 0.15) is 0 Å². The molecule has 8 heteroatoms. The molecule has 0 aliphatic carbocycles. The molecule has 7 nitrogen and oxygen atoms in total. The Labute approximate surface area is 161 Å². The van der Waals surface area contributed by atoms with Gasteiger partial charge in [0.15, 0.2) is 22.5 Å². The van der Waals surface area contributed by atoms with Crippen molar-refractivity contribution >= 4 is 17.7 Å². The Kier molecular flexibility index (Phi) is 5.66. The number of amides is 1. The van der Waals surface area contributed by atoms with Gasteiger partial charge in [0.05, 0.1) is 25.2 Å². The number of thioether (sulfide) groups is 1. The summed E-state index contributed by atoms with van der Waals surface area (Å²) in [7, 11) is 3.16. The van der Waals surface area contributed by atoms with Crippen LogP contribution in [0.1, 0.15) is 6.92 Å². The number of primary amides is 1. The molecule has 3 rings (SSSR count). The van der Waals surface area contributed by atoms with E-state index in [1.807, 2.05) is 53.1 Å². The van der Waals surface area contributed by atoms with Crippen molar-refractivity contribution < 1.29 is 14.3 Å². The normalized spacial score (nSPS) is 11.8. The Hall–Kier alpha value is -3.00. The summed E-state index contributed by atoms with van der Waals surface area (Å²) < 4.78 is 12.6. The van der Waals surface area contributed by atoms with Crippen LogP contribution in [0.2, 0.25) is 0 Å². The highest BCUT2D eigenvalue weighted by Gasteiger charge is 2.21. The van der Waals surface area contributed by atoms with Crippen LogP contribution in [0, 0.1) is 0 Å². The van der Waals surface area contributed by atoms with Crippen LogP contribution < -0.4 is 15.2 Å². The van der Waals surface area contributed by atoms with Gasteiger partial charge in [0.2, 0.25) is 5.91 Å². The van der Waals surface area contributed by atoms with Crippen molar-refractivity contribution in [3.63, 3.8) is 0 Å². The zero-order valence-corrected chi connectivity index (χ0v) is 16.1. The molecule has 0 fully saturated rings. The van der Waals surface area contributed by atoms with Crippen LogP contribution in [0.3, 0.4) is 0 Å². The number of carbonyl (C=O) groups is 1. The molecule has 1 aromatic heterocycles. The maximum absolute atomic E-state index is 11.5. The first kappa shape index (κ1) is 18.8. The molecule has 2 N–H and O–H groups in total. The van der Waals surface area contributed by atoms with E-state index in [-0.39, 0.29) is 0 Å². The fourth-order valence-electron chi connectivity index (χ4n) is 2.53. The molecule has 0 radical (unpaired) electrons. The number of benzene rings is 2. The third kappa shape index (κ3) is 3.90. The van der Waals surface area contributed by atoms with Crippen LogP contribution in [0.5, 0.6) is 11.5 Å². The number of methoxy groups -OCH3 is 2. The predicted molar refractivity (Wildman–Crippen MR) is 104 cm³/mol. The van der Waals surface area contributed by atoms with Crippen LogP contribution in [0.15, 0.2) is 53.7 Å². The Balaban J connectivity index is 2.16. The van der Waals surface area contributed by atoms with Gasteiger partial charge in [-0.25, -0.2) is 0 Å². The second kappa shape index (κ2) is 8.13. The SMILES string of the molecule is COc1ccc(-n2c(S[C@@H](C)C(N)=O)nnc2-c2ccccc2)cc1OC. The summed E-state index contributed by atoms with van der Waals surface area (Å²) in [6, 6.07) is 15.2. The second-order valence-corrected chi connectivity index (χ2v) is 7.02. The van der Waals surface area contributed by atoms with Crippen LogP contribution in [-0.4, -0.2) is 40.1 Å². The van der Waals surface area contributed by atoms with Crippen molar-refractivity contribution in [2.75, 3.05) is 14.2 Å². The average molecular weight is 384 g/mol. The van der Waals surface area contributed by atoms with E-state index < -0.39 is 11.2 Å². The van der Waals surface area contributed by atoms with E-state index in [0.717, 1.165) is 11.3 Å². The van der Waals surface area contributed by atoms with Gasteiger partial charge in [0, 0.05) is 11.6 Å². The maximum Gasteiger partial charge on any atom is 0.230 e. The Bertz CT molecular complexity index is 943. The highest BCUT2D eigenvalue weighted by molar-refractivity contribution is 8.00. The minimum absolute atomic E-state index is 0.414. The van der Waals surface area contributed by atoms with Gasteiger partial charge >= 0.3 is 0 Å². The lowest BCUT2D eigenvalue weighted by atomic mass is 10.2. The van der Waals surface area contributed by atoms with E-state index in [1.54, 1.807) is 21.1 Å². The van der Waals surface area contributed by atoms with Gasteiger partial charge in [0.25, 0.3) is 0 Å². The fraction of sp³-hybridized carbons (Fsp3) is 0.211. The standard InChI is InChI=1S/C19H20N4O3S/c1-12(17(20)24)27-19-22-21-18(13-7-5-4-6-8-13)23(19)14-9-10-15(25-2)16(11-14)26-3/h4-12H,1-3H3,(H2,20,24)/t12-/m0/s1. The van der Waals surface area contributed by atoms with Gasteiger partial charge in [-0.1, -0.05) is 42.1 Å². The Morgan fingerprint density at radius 1 is 1.07 bits per heavy atom. The number of aromatic nitrogens is 3. The Morgan fingerprint density at radius 3 is 2.41 bits per heavy atom. The van der Waals surface area contributed by atoms with E-state index in [9.17, 15) is 4.79 Å². The molecule has 27 heavy (non-hydrogen) atoms. The molecule has 0 saturated carbocycles. The lowest BCUT2D eigenvalue weighted by molar-refractivity contribution is -0.117. The van der Waals surface area contributed by atoms with E-state index >= 15 is 0 Å². The average Bonchev–Trinajstić information content (AvgIpc) is 3.11. The minimum atomic E-state index is -0.447. The van der Waals surface area contributed by atoms with Gasteiger partial charge < -0.3 is 15.2 Å². The molecular weight excluding hydrogens is 364 g/mol. The number of hydrogen-bond acceptors (Lipinski definition) is 6. The van der Waals surface area contributed by atoms with E-state index in [1.165, 1.54) is 11.8 Å². The summed E-state index contributed by atoms with van der Waals surface area (Å²) in [5.41, 5.74) is 7.11. The molecule has 0 aliphatic heterocycles. The van der Waals surface area contributed by atoms with E-state index in [4.69, 9.17) is 15.2 Å². The third-order valence-corrected chi connectivity index (χ3v) is 5.03. The third-order valence-electron chi connectivity index (χ3n) is 3.97. The van der Waals surface area contributed by atoms with Crippen molar-refractivity contribution in [3.05, 3.63) is 48.5 Å². The van der Waals surface area contributed by atoms with Crippen molar-refractivity contribution in [1.82, 2.24) is 14.8 Å². The highest BCUT2D eigenvalue weighted by Crippen LogP contribution is 2.34. The number of ether oxygens (including phenoxy) is 2. The molecule has 0 spiro atoms. The molecular formula is C19H20N4O3S. The smallest absolute Gasteiger partial charge is 0.230 e. The van der Waals surface area contributed by atoms with Gasteiger partial charge in [-0.3, -0.25) is 9.36 Å². The summed E-state index contributed by atoms with van der Waals surface area (Å²) >= 11 is 1.25. The number of rotatable bonds is 7. The molecule has 0 saturated heterocycles. The van der Waals surface area contributed by atoms with Crippen LogP contribution in [-0.2, 0) is 4.79 Å². The van der Waals surface area contributed by atoms with E-state index in [0.29, 0.717) is 22.5 Å². The maximum atomic E-state index is 11.5. The molecule has 1 atom stereocenters. The molecule has 1 heterocycles. The molecule has 3 aromatic rings. The molecule has 2 aromatic carbocycles. The largest absolute Gasteiger partial charge is 0.493 e. The predicted octanol–water partition coefficient (Wildman–Crippen LogP) is 2.92. The topological polar surface area (TPSA) is 92.3 Å². The summed E-state index contributed by atoms with van der Waals surface area (Å²) in [6.45, 7) is 1.74. The number of nitrogens with two attached hydrogens (primary N) is 1. The number of hydrogen-bond donors (Lipinski definition) is 1. The van der Waals surface area contributed by atoms with Crippen LogP contribution in [0.25, 0.3) is 17.1 Å². The lowest BCUT2D eigenvalue weighted by Crippen LogP contribution is -2.23. The molecule has 0 bridgehead atoms. The van der Waals surface area contributed by atoms with Crippen molar-refractivity contribution in [2.24, 2.45) is 5.73 Å². The first-order valence-electron chi connectivity index (χ1n) is 8.24. The number of carbonyl (C=O) groups excluding carboxylic acids is 1. The summed E-state index contributed by atoms with van der Waals surface area (Å²) in [5.74, 6) is 1.45. The van der Waals surface area contributed by atoms with Gasteiger partial charge in [-0.05, 0) is 19.1 Å². The summed E-state index contributed by atoms with van der Waals surface area (Å²) in [5, 5.41) is 8.74. The van der Waals surface area contributed by atoms with Crippen molar-refractivity contribution in [1.29, 1.82) is 0 Å². The zero-order chi connectivity index (χ0) is 19.4. The van der Waals surface area contributed by atoms with Crippen molar-refractivity contribution in [3.8, 4) is 28.6 Å². The molecule has 140 valence electrons. The highest BCUT2D eigenvalue weighted by atomic mass is 32.2. The molecule has 1 amide bonds. The quantitative estimate of drug-likeness (QED) is 0.630. The Morgan fingerprint density at radius 2 is 1.78 bits per heavy atom. The zero-order valence-electron chi connectivity index (χ0n) is 15.2. The second-order valence-electron chi connectivity index (χ2n) is 5.71. The summed E-state index contributed by atoms with van der Waals surface area (Å²) in [6.07, 6.45) is 0. The van der Waals surface area contributed by atoms with Crippen LogP contribution in [0.4, 0.5) is 0 Å². The summed E-state index contributed by atoms with van der Waals surface area (Å²) in [4.78, 5) is 11.5. The lowest BCUT2D eigenvalue weighted by Gasteiger charge is -2.14. The van der Waals surface area contributed by atoms with Crippen LogP contribution >= 0.6 is 11.8 Å². The van der Waals surface area contributed by atoms with Gasteiger partial charge in [-0.15, -0.1) is 10.2 Å². The monoisotopic (exact) mass is 384 g/mol. The first-order chi connectivity index (χ1) is 13.0. The minimum Gasteiger partial charge on any atom is -0.493 e. The van der Waals surface area contributed by atoms with Gasteiger partial charge in [-0.2, -0.15) is 0 Å². The van der Waals surface area contributed by atoms with E-state index in [2.05, 4.69) is 10.2 Å².